The zero-order valence-corrected chi connectivity index (χ0v) is 8.51. The highest BCUT2D eigenvalue weighted by Gasteiger charge is 2.28. The van der Waals surface area contributed by atoms with Crippen molar-refractivity contribution in [2.75, 3.05) is 11.4 Å². The van der Waals surface area contributed by atoms with Crippen molar-refractivity contribution in [1.29, 1.82) is 0 Å². The van der Waals surface area contributed by atoms with Gasteiger partial charge in [0.15, 0.2) is 6.29 Å². The van der Waals surface area contributed by atoms with Crippen molar-refractivity contribution in [3.8, 4) is 0 Å². The topological polar surface area (TPSA) is 20.3 Å². The molecule has 70 valence electrons. The van der Waals surface area contributed by atoms with E-state index in [4.69, 9.17) is 0 Å². The van der Waals surface area contributed by atoms with Gasteiger partial charge in [-0.15, -0.1) is 11.3 Å². The molecular weight excluding hydrogens is 182 g/mol. The zero-order chi connectivity index (χ0) is 9.26. The Labute approximate surface area is 82.2 Å². The Hall–Kier alpha value is -0.830. The molecule has 1 aromatic heterocycles. The van der Waals surface area contributed by atoms with Gasteiger partial charge in [-0.05, 0) is 25.8 Å². The minimum absolute atomic E-state index is 0.735. The van der Waals surface area contributed by atoms with E-state index in [1.54, 1.807) is 0 Å². The summed E-state index contributed by atoms with van der Waals surface area (Å²) in [6, 6.07) is 2.72. The van der Waals surface area contributed by atoms with Crippen molar-refractivity contribution >= 4 is 23.3 Å². The number of nitrogens with zero attached hydrogens (tertiary/aromatic N) is 1. The molecule has 2 nitrogen and oxygen atoms in total. The van der Waals surface area contributed by atoms with Crippen LogP contribution in [0.2, 0.25) is 0 Å². The average molecular weight is 195 g/mol. The summed E-state index contributed by atoms with van der Waals surface area (Å²) in [5.41, 5.74) is 1.22. The first-order valence-corrected chi connectivity index (χ1v) is 5.53. The Balaban J connectivity index is 2.16. The van der Waals surface area contributed by atoms with Gasteiger partial charge in [0.2, 0.25) is 0 Å². The van der Waals surface area contributed by atoms with Crippen LogP contribution < -0.4 is 4.90 Å². The van der Waals surface area contributed by atoms with Gasteiger partial charge in [0.25, 0.3) is 0 Å². The van der Waals surface area contributed by atoms with Crippen LogP contribution in [-0.4, -0.2) is 18.9 Å². The highest BCUT2D eigenvalue weighted by molar-refractivity contribution is 7.12. The van der Waals surface area contributed by atoms with Crippen molar-refractivity contribution in [3.63, 3.8) is 0 Å². The summed E-state index contributed by atoms with van der Waals surface area (Å²) in [7, 11) is 0. The standard InChI is InChI=1S/C10H13NOS/c1-2-11(8-3-4-8)9-5-10(6-12)13-7-9/h5-8H,2-4H2,1H3. The molecule has 1 fully saturated rings. The number of carbonyl (C=O) groups excluding carboxylic acids is 1. The molecule has 0 unspecified atom stereocenters. The third-order valence-electron chi connectivity index (χ3n) is 2.38. The number of anilines is 1. The monoisotopic (exact) mass is 195 g/mol. The highest BCUT2D eigenvalue weighted by Crippen LogP contribution is 2.33. The van der Waals surface area contributed by atoms with E-state index in [-0.39, 0.29) is 0 Å². The lowest BCUT2D eigenvalue weighted by molar-refractivity contribution is 0.112. The van der Waals surface area contributed by atoms with Crippen LogP contribution in [0.1, 0.15) is 29.4 Å². The van der Waals surface area contributed by atoms with Gasteiger partial charge in [-0.25, -0.2) is 0 Å². The molecule has 0 N–H and O–H groups in total. The highest BCUT2D eigenvalue weighted by atomic mass is 32.1. The fraction of sp³-hybridized carbons (Fsp3) is 0.500. The van der Waals surface area contributed by atoms with E-state index >= 15 is 0 Å². The summed E-state index contributed by atoms with van der Waals surface area (Å²) < 4.78 is 0. The summed E-state index contributed by atoms with van der Waals surface area (Å²) >= 11 is 1.53. The molecule has 0 bridgehead atoms. The first-order valence-electron chi connectivity index (χ1n) is 4.65. The van der Waals surface area contributed by atoms with Gasteiger partial charge in [-0.1, -0.05) is 0 Å². The Kier molecular flexibility index (Phi) is 2.36. The van der Waals surface area contributed by atoms with Crippen LogP contribution in [0.5, 0.6) is 0 Å². The summed E-state index contributed by atoms with van der Waals surface area (Å²) in [5.74, 6) is 0. The second kappa shape index (κ2) is 3.50. The lowest BCUT2D eigenvalue weighted by Crippen LogP contribution is -2.24. The number of rotatable bonds is 4. The number of carbonyl (C=O) groups is 1. The first kappa shape index (κ1) is 8.75. The van der Waals surface area contributed by atoms with Crippen molar-refractivity contribution < 1.29 is 4.79 Å². The first-order chi connectivity index (χ1) is 6.35. The van der Waals surface area contributed by atoms with Gasteiger partial charge in [-0.3, -0.25) is 4.79 Å². The lowest BCUT2D eigenvalue weighted by atomic mass is 10.3. The molecule has 0 saturated heterocycles. The van der Waals surface area contributed by atoms with E-state index < -0.39 is 0 Å². The quantitative estimate of drug-likeness (QED) is 0.688. The number of aldehydes is 1. The van der Waals surface area contributed by atoms with Gasteiger partial charge in [0, 0.05) is 23.7 Å². The van der Waals surface area contributed by atoms with E-state index in [1.807, 2.05) is 6.07 Å². The van der Waals surface area contributed by atoms with Crippen molar-refractivity contribution in [1.82, 2.24) is 0 Å². The maximum absolute atomic E-state index is 10.5. The van der Waals surface area contributed by atoms with Crippen molar-refractivity contribution in [2.45, 2.75) is 25.8 Å². The zero-order valence-electron chi connectivity index (χ0n) is 7.69. The maximum atomic E-state index is 10.5. The van der Waals surface area contributed by atoms with E-state index in [0.29, 0.717) is 0 Å². The number of thiophene rings is 1. The van der Waals surface area contributed by atoms with Crippen LogP contribution in [0.4, 0.5) is 5.69 Å². The number of hydrogen-bond acceptors (Lipinski definition) is 3. The van der Waals surface area contributed by atoms with Crippen LogP contribution >= 0.6 is 11.3 Å². The Morgan fingerprint density at radius 1 is 1.69 bits per heavy atom. The van der Waals surface area contributed by atoms with E-state index in [9.17, 15) is 4.79 Å². The van der Waals surface area contributed by atoms with E-state index in [1.165, 1.54) is 29.9 Å². The molecule has 1 heterocycles. The minimum atomic E-state index is 0.735. The van der Waals surface area contributed by atoms with Gasteiger partial charge in [0.05, 0.1) is 4.88 Å². The summed E-state index contributed by atoms with van der Waals surface area (Å²) in [6.07, 6.45) is 3.54. The second-order valence-electron chi connectivity index (χ2n) is 3.34. The summed E-state index contributed by atoms with van der Waals surface area (Å²) in [5, 5.41) is 2.07. The molecule has 13 heavy (non-hydrogen) atoms. The molecule has 0 aromatic carbocycles. The summed E-state index contributed by atoms with van der Waals surface area (Å²) in [4.78, 5) is 13.7. The maximum Gasteiger partial charge on any atom is 0.160 e. The second-order valence-corrected chi connectivity index (χ2v) is 4.29. The molecule has 1 saturated carbocycles. The molecule has 0 aliphatic heterocycles. The van der Waals surface area contributed by atoms with Crippen LogP contribution in [0.3, 0.4) is 0 Å². The third kappa shape index (κ3) is 1.75. The van der Waals surface area contributed by atoms with Crippen LogP contribution in [0.25, 0.3) is 0 Å². The van der Waals surface area contributed by atoms with Crippen LogP contribution in [0, 0.1) is 0 Å². The largest absolute Gasteiger partial charge is 0.368 e. The molecule has 2 rings (SSSR count). The third-order valence-corrected chi connectivity index (χ3v) is 3.23. The van der Waals surface area contributed by atoms with Gasteiger partial charge >= 0.3 is 0 Å². The van der Waals surface area contributed by atoms with Gasteiger partial charge < -0.3 is 4.90 Å². The normalized spacial score (nSPS) is 15.8. The fourth-order valence-electron chi connectivity index (χ4n) is 1.59. The van der Waals surface area contributed by atoms with Crippen molar-refractivity contribution in [2.24, 2.45) is 0 Å². The molecule has 0 amide bonds. The minimum Gasteiger partial charge on any atom is -0.368 e. The number of hydrogen-bond donors (Lipinski definition) is 0. The molecule has 1 aliphatic carbocycles. The Bertz CT molecular complexity index is 304. The van der Waals surface area contributed by atoms with Crippen molar-refractivity contribution in [3.05, 3.63) is 16.3 Å². The average Bonchev–Trinajstić information content (AvgIpc) is 2.85. The fourth-order valence-corrected chi connectivity index (χ4v) is 2.30. The van der Waals surface area contributed by atoms with Crippen LogP contribution in [-0.2, 0) is 0 Å². The molecule has 1 aliphatic rings. The Morgan fingerprint density at radius 2 is 2.46 bits per heavy atom. The molecule has 0 radical (unpaired) electrons. The SMILES string of the molecule is CCN(c1csc(C=O)c1)C1CC1. The van der Waals surface area contributed by atoms with Gasteiger partial charge in [-0.2, -0.15) is 0 Å². The van der Waals surface area contributed by atoms with E-state index in [2.05, 4.69) is 17.2 Å². The smallest absolute Gasteiger partial charge is 0.160 e. The lowest BCUT2D eigenvalue weighted by Gasteiger charge is -2.20. The molecule has 0 atom stereocenters. The molecule has 1 aromatic rings. The predicted molar refractivity (Wildman–Crippen MR) is 55.7 cm³/mol. The van der Waals surface area contributed by atoms with Crippen LogP contribution in [0.15, 0.2) is 11.4 Å². The molecule has 3 heteroatoms. The van der Waals surface area contributed by atoms with Gasteiger partial charge in [0.1, 0.15) is 0 Å². The van der Waals surface area contributed by atoms with E-state index in [0.717, 1.165) is 23.7 Å². The summed E-state index contributed by atoms with van der Waals surface area (Å²) in [6.45, 7) is 3.20. The molecular formula is C10H13NOS. The Morgan fingerprint density at radius 3 is 2.92 bits per heavy atom. The predicted octanol–water partition coefficient (Wildman–Crippen LogP) is 2.55. The molecule has 0 spiro atoms.